The molecule has 0 aliphatic heterocycles. The fourth-order valence-electron chi connectivity index (χ4n) is 4.65. The van der Waals surface area contributed by atoms with E-state index >= 15 is 8.78 Å². The van der Waals surface area contributed by atoms with E-state index in [4.69, 9.17) is 20.5 Å². The molecule has 1 aromatic rings. The number of hydrogen-bond donors (Lipinski definition) is 1. The van der Waals surface area contributed by atoms with E-state index in [2.05, 4.69) is 0 Å². The summed E-state index contributed by atoms with van der Waals surface area (Å²) in [6.45, 7) is 5.68. The van der Waals surface area contributed by atoms with Crippen LogP contribution in [0.3, 0.4) is 0 Å². The molecule has 0 heterocycles. The quantitative estimate of drug-likeness (QED) is 0.470. The van der Waals surface area contributed by atoms with Gasteiger partial charge in [-0.2, -0.15) is 5.26 Å². The molecule has 2 aliphatic rings. The second-order valence-corrected chi connectivity index (χ2v) is 8.61. The Morgan fingerprint density at radius 3 is 2.55 bits per heavy atom. The van der Waals surface area contributed by atoms with E-state index in [-0.39, 0.29) is 46.4 Å². The average molecular weight is 461 g/mol. The number of hydrogen-bond acceptors (Lipinski definition) is 4. The molecule has 0 amide bonds. The Balaban J connectivity index is 2.21. The number of alkyl halides is 2. The molecule has 0 spiro atoms. The van der Waals surface area contributed by atoms with Crippen LogP contribution >= 0.6 is 0 Å². The average Bonchev–Trinajstić information content (AvgIpc) is 2.96. The topological polar surface area (TPSA) is 68.3 Å². The molecule has 0 aromatic heterocycles. The van der Waals surface area contributed by atoms with Crippen LogP contribution in [-0.4, -0.2) is 24.6 Å². The minimum atomic E-state index is -2.03. The first-order chi connectivity index (χ1) is 15.8. The summed E-state index contributed by atoms with van der Waals surface area (Å²) in [4.78, 5) is 0. The summed E-state index contributed by atoms with van der Waals surface area (Å²) in [7, 11) is 0. The van der Waals surface area contributed by atoms with Gasteiger partial charge >= 0.3 is 0 Å². The van der Waals surface area contributed by atoms with Crippen molar-refractivity contribution in [3.8, 4) is 11.8 Å². The number of nitriles is 1. The van der Waals surface area contributed by atoms with Gasteiger partial charge in [0.05, 0.1) is 11.6 Å². The molecule has 3 atom stereocenters. The van der Waals surface area contributed by atoms with Crippen molar-refractivity contribution in [2.45, 2.75) is 70.8 Å². The highest BCUT2D eigenvalue weighted by Crippen LogP contribution is 2.56. The smallest absolute Gasteiger partial charge is 0.169 e. The van der Waals surface area contributed by atoms with Crippen LogP contribution in [0.25, 0.3) is 0 Å². The lowest BCUT2D eigenvalue weighted by atomic mass is 9.69. The number of halogens is 3. The summed E-state index contributed by atoms with van der Waals surface area (Å²) in [6.07, 6.45) is 2.93. The third-order valence-corrected chi connectivity index (χ3v) is 6.25. The maximum absolute atomic E-state index is 15.9. The Bertz CT molecular complexity index is 1000. The summed E-state index contributed by atoms with van der Waals surface area (Å²) in [5.74, 6) is -0.816. The van der Waals surface area contributed by atoms with Crippen molar-refractivity contribution in [1.29, 1.82) is 5.26 Å². The van der Waals surface area contributed by atoms with E-state index in [9.17, 15) is 4.39 Å². The summed E-state index contributed by atoms with van der Waals surface area (Å²) in [6, 6.07) is 5.39. The molecule has 2 saturated carbocycles. The maximum Gasteiger partial charge on any atom is 0.169 e. The molecule has 2 N–H and O–H groups in total. The van der Waals surface area contributed by atoms with Crippen LogP contribution in [0, 0.1) is 23.1 Å². The monoisotopic (exact) mass is 460 g/mol. The van der Waals surface area contributed by atoms with Crippen LogP contribution in [0.4, 0.5) is 13.2 Å². The molecule has 33 heavy (non-hydrogen) atoms. The zero-order chi connectivity index (χ0) is 24.2. The molecule has 1 aromatic carbocycles. The highest BCUT2D eigenvalue weighted by molar-refractivity contribution is 5.56. The van der Waals surface area contributed by atoms with Gasteiger partial charge in [0.25, 0.3) is 0 Å². The van der Waals surface area contributed by atoms with Crippen molar-refractivity contribution in [3.05, 3.63) is 64.3 Å². The van der Waals surface area contributed by atoms with E-state index in [1.807, 2.05) is 19.9 Å². The number of rotatable bonds is 8. The van der Waals surface area contributed by atoms with Gasteiger partial charge in [0.2, 0.25) is 0 Å². The molecule has 3 rings (SSSR count). The molecular formula is C26H31F3N2O2. The highest BCUT2D eigenvalue weighted by atomic mass is 19.2. The van der Waals surface area contributed by atoms with Gasteiger partial charge in [0, 0.05) is 29.5 Å². The molecule has 178 valence electrons. The molecule has 4 nitrogen and oxygen atoms in total. The third kappa shape index (κ3) is 4.67. The predicted molar refractivity (Wildman–Crippen MR) is 121 cm³/mol. The van der Waals surface area contributed by atoms with Crippen molar-refractivity contribution in [2.75, 3.05) is 6.61 Å². The standard InChI is InChI=1S/C26H31F3N2O2/c1-4-6-10-21(33-20-13-17(15-30)12-19(27)14-20)22-23(16(3)31)26(32-11-5-2,18-8-7-9-18)25(29)24(22)28/h6,10,12-14,18,24-25H,4-5,7-9,11,31H2,1-3H3/b10-6+,22-21-,23-16-. The van der Waals surface area contributed by atoms with Crippen molar-refractivity contribution >= 4 is 0 Å². The van der Waals surface area contributed by atoms with Gasteiger partial charge < -0.3 is 15.2 Å². The Labute approximate surface area is 193 Å². The first-order valence-electron chi connectivity index (χ1n) is 11.5. The van der Waals surface area contributed by atoms with Crippen molar-refractivity contribution in [2.24, 2.45) is 11.7 Å². The fraction of sp³-hybridized carbons (Fsp3) is 0.500. The lowest BCUT2D eigenvalue weighted by Crippen LogP contribution is -2.52. The van der Waals surface area contributed by atoms with Crippen molar-refractivity contribution in [1.82, 2.24) is 0 Å². The van der Waals surface area contributed by atoms with Crippen LogP contribution < -0.4 is 10.5 Å². The number of allylic oxidation sites excluding steroid dienone is 3. The zero-order valence-corrected chi connectivity index (χ0v) is 19.3. The van der Waals surface area contributed by atoms with E-state index in [1.54, 1.807) is 19.1 Å². The number of nitrogens with two attached hydrogens (primary N) is 1. The van der Waals surface area contributed by atoms with Gasteiger partial charge in [0.15, 0.2) is 12.3 Å². The molecule has 2 fully saturated rings. The van der Waals surface area contributed by atoms with Crippen LogP contribution in [0.15, 0.2) is 53.0 Å². The third-order valence-electron chi connectivity index (χ3n) is 6.25. The first kappa shape index (κ1) is 24.9. The van der Waals surface area contributed by atoms with Gasteiger partial charge in [-0.05, 0) is 56.7 Å². The van der Waals surface area contributed by atoms with Crippen LogP contribution in [-0.2, 0) is 4.74 Å². The minimum absolute atomic E-state index is 0.0158. The van der Waals surface area contributed by atoms with Gasteiger partial charge in [-0.1, -0.05) is 26.3 Å². The van der Waals surface area contributed by atoms with E-state index in [0.29, 0.717) is 12.8 Å². The predicted octanol–water partition coefficient (Wildman–Crippen LogP) is 6.18. The van der Waals surface area contributed by atoms with Crippen LogP contribution in [0.2, 0.25) is 0 Å². The lowest BCUT2D eigenvalue weighted by molar-refractivity contribution is -0.124. The summed E-state index contributed by atoms with van der Waals surface area (Å²) in [5.41, 5.74) is 5.35. The van der Waals surface area contributed by atoms with Crippen LogP contribution in [0.5, 0.6) is 5.75 Å². The molecule has 0 radical (unpaired) electrons. The van der Waals surface area contributed by atoms with Gasteiger partial charge in [0.1, 0.15) is 22.9 Å². The van der Waals surface area contributed by atoms with Gasteiger partial charge in [-0.3, -0.25) is 0 Å². The second kappa shape index (κ2) is 10.5. The second-order valence-electron chi connectivity index (χ2n) is 8.61. The van der Waals surface area contributed by atoms with Gasteiger partial charge in [-0.15, -0.1) is 0 Å². The maximum atomic E-state index is 15.9. The Kier molecular flexibility index (Phi) is 7.91. The molecule has 0 saturated heterocycles. The number of ether oxygens (including phenoxy) is 2. The Morgan fingerprint density at radius 2 is 2.00 bits per heavy atom. The summed E-state index contributed by atoms with van der Waals surface area (Å²) < 4.78 is 57.7. The number of nitrogens with zero attached hydrogens (tertiary/aromatic N) is 1. The Morgan fingerprint density at radius 1 is 1.27 bits per heavy atom. The van der Waals surface area contributed by atoms with Crippen molar-refractivity contribution < 1.29 is 22.6 Å². The molecule has 3 unspecified atom stereocenters. The largest absolute Gasteiger partial charge is 0.457 e. The first-order valence-corrected chi connectivity index (χ1v) is 11.5. The zero-order valence-electron chi connectivity index (χ0n) is 19.3. The van der Waals surface area contributed by atoms with Gasteiger partial charge in [-0.25, -0.2) is 13.2 Å². The fourth-order valence-corrected chi connectivity index (χ4v) is 4.65. The van der Waals surface area contributed by atoms with E-state index in [1.165, 1.54) is 6.07 Å². The molecule has 2 aliphatic carbocycles. The molecular weight excluding hydrogens is 429 g/mol. The SMILES string of the molecule is CC/C=C/C(Oc1cc(F)cc(C#N)c1)=C1\C(=C(/C)N)C(OCCC)(C2CCC2)C(F)C1F. The minimum Gasteiger partial charge on any atom is -0.457 e. The van der Waals surface area contributed by atoms with Crippen LogP contribution in [0.1, 0.15) is 58.4 Å². The van der Waals surface area contributed by atoms with E-state index < -0.39 is 23.8 Å². The van der Waals surface area contributed by atoms with Crippen molar-refractivity contribution in [3.63, 3.8) is 0 Å². The Hall–Kier alpha value is -2.72. The highest BCUT2D eigenvalue weighted by Gasteiger charge is 2.63. The molecule has 0 bridgehead atoms. The lowest BCUT2D eigenvalue weighted by Gasteiger charge is -2.45. The normalized spacial score (nSPS) is 28.5. The number of benzene rings is 1. The van der Waals surface area contributed by atoms with E-state index in [0.717, 1.165) is 31.4 Å². The summed E-state index contributed by atoms with van der Waals surface area (Å²) in [5, 5.41) is 9.16. The summed E-state index contributed by atoms with van der Waals surface area (Å²) >= 11 is 0. The molecule has 7 heteroatoms.